The number of hydrogen-bond acceptors (Lipinski definition) is 6. The van der Waals surface area contributed by atoms with Gasteiger partial charge in [0.15, 0.2) is 0 Å². The van der Waals surface area contributed by atoms with Crippen molar-refractivity contribution in [1.29, 1.82) is 0 Å². The van der Waals surface area contributed by atoms with E-state index in [9.17, 15) is 9.59 Å². The van der Waals surface area contributed by atoms with E-state index < -0.39 is 5.97 Å². The molecule has 0 aromatic heterocycles. The number of nitrogens with zero attached hydrogens (tertiary/aromatic N) is 2. The molecule has 3 aromatic rings. The predicted molar refractivity (Wildman–Crippen MR) is 109 cm³/mol. The highest BCUT2D eigenvalue weighted by Gasteiger charge is 2.17. The van der Waals surface area contributed by atoms with Gasteiger partial charge < -0.3 is 10.5 Å². The number of ether oxygens (including phenoxy) is 1. The summed E-state index contributed by atoms with van der Waals surface area (Å²) in [6.07, 6.45) is 0.824. The molecule has 0 radical (unpaired) electrons. The predicted octanol–water partition coefficient (Wildman–Crippen LogP) is 4.92. The molecule has 0 aliphatic rings. The molecule has 6 nitrogen and oxygen atoms in total. The van der Waals surface area contributed by atoms with Crippen LogP contribution in [0.25, 0.3) is 22.3 Å². The Morgan fingerprint density at radius 1 is 0.964 bits per heavy atom. The van der Waals surface area contributed by atoms with Crippen LogP contribution in [0.4, 0.5) is 11.4 Å². The SMILES string of the molecule is CN=Nc1c(N)cc(-c2ccc(-c3cccc(C=O)c3)cc2)cc1C(=O)OC. The van der Waals surface area contributed by atoms with E-state index in [0.717, 1.165) is 28.5 Å². The Morgan fingerprint density at radius 3 is 2.25 bits per heavy atom. The zero-order valence-corrected chi connectivity index (χ0v) is 15.5. The third-order valence-corrected chi connectivity index (χ3v) is 4.32. The number of esters is 1. The van der Waals surface area contributed by atoms with Crippen LogP contribution < -0.4 is 5.73 Å². The number of azo groups is 1. The van der Waals surface area contributed by atoms with E-state index in [1.165, 1.54) is 14.2 Å². The van der Waals surface area contributed by atoms with Gasteiger partial charge in [0.05, 0.1) is 18.4 Å². The molecule has 6 heteroatoms. The Hall–Kier alpha value is -3.80. The lowest BCUT2D eigenvalue weighted by atomic mass is 9.97. The summed E-state index contributed by atoms with van der Waals surface area (Å²) in [4.78, 5) is 23.1. The van der Waals surface area contributed by atoms with Crippen molar-refractivity contribution in [3.8, 4) is 22.3 Å². The molecule has 3 rings (SSSR count). The van der Waals surface area contributed by atoms with Crippen molar-refractivity contribution in [3.05, 3.63) is 71.8 Å². The zero-order chi connectivity index (χ0) is 20.1. The van der Waals surface area contributed by atoms with Crippen LogP contribution in [0.3, 0.4) is 0 Å². The van der Waals surface area contributed by atoms with Crippen molar-refractivity contribution in [2.24, 2.45) is 10.2 Å². The van der Waals surface area contributed by atoms with E-state index in [4.69, 9.17) is 10.5 Å². The summed E-state index contributed by atoms with van der Waals surface area (Å²) in [6.45, 7) is 0. The molecule has 0 saturated carbocycles. The number of rotatable bonds is 5. The van der Waals surface area contributed by atoms with Gasteiger partial charge in [0.2, 0.25) is 0 Å². The topological polar surface area (TPSA) is 94.1 Å². The molecule has 0 aliphatic carbocycles. The number of methoxy groups -OCH3 is 1. The smallest absolute Gasteiger partial charge is 0.340 e. The van der Waals surface area contributed by atoms with Gasteiger partial charge in [0.1, 0.15) is 12.0 Å². The summed E-state index contributed by atoms with van der Waals surface area (Å²) in [5.41, 5.74) is 11.2. The fourth-order valence-electron chi connectivity index (χ4n) is 2.95. The van der Waals surface area contributed by atoms with Crippen molar-refractivity contribution in [1.82, 2.24) is 0 Å². The Balaban J connectivity index is 2.03. The van der Waals surface area contributed by atoms with Crippen molar-refractivity contribution >= 4 is 23.6 Å². The fourth-order valence-corrected chi connectivity index (χ4v) is 2.95. The summed E-state index contributed by atoms with van der Waals surface area (Å²) in [5.74, 6) is -0.529. The lowest BCUT2D eigenvalue weighted by molar-refractivity contribution is 0.0601. The first-order valence-corrected chi connectivity index (χ1v) is 8.55. The van der Waals surface area contributed by atoms with Gasteiger partial charge in [-0.05, 0) is 40.5 Å². The minimum atomic E-state index is -0.529. The molecule has 3 aromatic carbocycles. The molecule has 0 amide bonds. The molecule has 0 saturated heterocycles. The molecule has 28 heavy (non-hydrogen) atoms. The van der Waals surface area contributed by atoms with Crippen LogP contribution >= 0.6 is 0 Å². The molecule has 0 spiro atoms. The molecule has 0 unspecified atom stereocenters. The molecule has 0 aliphatic heterocycles. The van der Waals surface area contributed by atoms with Gasteiger partial charge in [-0.15, -0.1) is 0 Å². The number of carbonyl (C=O) groups excluding carboxylic acids is 2. The van der Waals surface area contributed by atoms with Crippen LogP contribution in [0.5, 0.6) is 0 Å². The minimum Gasteiger partial charge on any atom is -0.465 e. The number of hydrogen-bond donors (Lipinski definition) is 1. The van der Waals surface area contributed by atoms with Crippen molar-refractivity contribution in [2.75, 3.05) is 19.9 Å². The van der Waals surface area contributed by atoms with Crippen molar-refractivity contribution in [3.63, 3.8) is 0 Å². The summed E-state index contributed by atoms with van der Waals surface area (Å²) in [6, 6.07) is 18.6. The standard InChI is InChI=1S/C22H19N3O3/c1-24-25-21-19(22(27)28-2)11-18(12-20(21)23)16-8-6-15(7-9-16)17-5-3-4-14(10-17)13-26/h3-13H,23H2,1-2H3. The average Bonchev–Trinajstić information content (AvgIpc) is 2.74. The van der Waals surface area contributed by atoms with Gasteiger partial charge in [0, 0.05) is 12.6 Å². The highest BCUT2D eigenvalue weighted by Crippen LogP contribution is 2.34. The zero-order valence-electron chi connectivity index (χ0n) is 15.5. The third-order valence-electron chi connectivity index (χ3n) is 4.32. The number of nitrogen functional groups attached to an aromatic ring is 1. The Bertz CT molecular complexity index is 1060. The molecular weight excluding hydrogens is 354 g/mol. The van der Waals surface area contributed by atoms with Crippen LogP contribution in [0.15, 0.2) is 70.9 Å². The monoisotopic (exact) mass is 373 g/mol. The average molecular weight is 373 g/mol. The summed E-state index contributed by atoms with van der Waals surface area (Å²) in [7, 11) is 2.81. The second kappa shape index (κ2) is 8.26. The molecule has 0 atom stereocenters. The van der Waals surface area contributed by atoms with E-state index in [1.54, 1.807) is 18.2 Å². The summed E-state index contributed by atoms with van der Waals surface area (Å²) < 4.78 is 4.84. The lowest BCUT2D eigenvalue weighted by Gasteiger charge is -2.11. The van der Waals surface area contributed by atoms with Gasteiger partial charge in [0.25, 0.3) is 0 Å². The van der Waals surface area contributed by atoms with Crippen LogP contribution in [-0.4, -0.2) is 26.4 Å². The Labute approximate surface area is 162 Å². The van der Waals surface area contributed by atoms with Gasteiger partial charge in [-0.25, -0.2) is 4.79 Å². The van der Waals surface area contributed by atoms with Crippen molar-refractivity contribution in [2.45, 2.75) is 0 Å². The number of benzene rings is 3. The Morgan fingerprint density at radius 2 is 1.64 bits per heavy atom. The highest BCUT2D eigenvalue weighted by atomic mass is 16.5. The van der Waals surface area contributed by atoms with E-state index >= 15 is 0 Å². The summed E-state index contributed by atoms with van der Waals surface area (Å²) in [5, 5.41) is 7.67. The van der Waals surface area contributed by atoms with E-state index in [1.807, 2.05) is 42.5 Å². The number of aldehydes is 1. The molecule has 2 N–H and O–H groups in total. The second-order valence-corrected chi connectivity index (χ2v) is 6.07. The number of nitrogens with two attached hydrogens (primary N) is 1. The van der Waals surface area contributed by atoms with Gasteiger partial charge in [-0.2, -0.15) is 10.2 Å². The molecule has 140 valence electrons. The molecule has 0 fully saturated rings. The first-order valence-electron chi connectivity index (χ1n) is 8.55. The quantitative estimate of drug-likeness (QED) is 0.297. The normalized spacial score (nSPS) is 10.8. The van der Waals surface area contributed by atoms with Gasteiger partial charge in [-0.1, -0.05) is 42.5 Å². The minimum absolute atomic E-state index is 0.255. The first kappa shape index (κ1) is 19.0. The van der Waals surface area contributed by atoms with Crippen molar-refractivity contribution < 1.29 is 14.3 Å². The lowest BCUT2D eigenvalue weighted by Crippen LogP contribution is -2.04. The Kier molecular flexibility index (Phi) is 5.60. The largest absolute Gasteiger partial charge is 0.465 e. The number of anilines is 1. The highest BCUT2D eigenvalue weighted by molar-refractivity contribution is 5.99. The number of carbonyl (C=O) groups is 2. The van der Waals surface area contributed by atoms with E-state index in [-0.39, 0.29) is 5.56 Å². The maximum absolute atomic E-state index is 12.1. The van der Waals surface area contributed by atoms with Crippen LogP contribution in [-0.2, 0) is 4.74 Å². The van der Waals surface area contributed by atoms with E-state index in [2.05, 4.69) is 10.2 Å². The van der Waals surface area contributed by atoms with Gasteiger partial charge in [-0.3, -0.25) is 4.79 Å². The summed E-state index contributed by atoms with van der Waals surface area (Å²) >= 11 is 0. The van der Waals surface area contributed by atoms with Crippen LogP contribution in [0, 0.1) is 0 Å². The molecule has 0 heterocycles. The first-order chi connectivity index (χ1) is 13.6. The fraction of sp³-hybridized carbons (Fsp3) is 0.0909. The second-order valence-electron chi connectivity index (χ2n) is 6.07. The molecule has 0 bridgehead atoms. The maximum atomic E-state index is 12.1. The maximum Gasteiger partial charge on any atom is 0.340 e. The van der Waals surface area contributed by atoms with Crippen LogP contribution in [0.1, 0.15) is 20.7 Å². The molecular formula is C22H19N3O3. The van der Waals surface area contributed by atoms with Crippen LogP contribution in [0.2, 0.25) is 0 Å². The van der Waals surface area contributed by atoms with E-state index in [0.29, 0.717) is 16.9 Å². The third kappa shape index (κ3) is 3.81. The van der Waals surface area contributed by atoms with Gasteiger partial charge >= 0.3 is 5.97 Å².